The van der Waals surface area contributed by atoms with Crippen molar-refractivity contribution in [3.63, 3.8) is 0 Å². The zero-order valence-electron chi connectivity index (χ0n) is 15.6. The molecule has 3 aromatic rings. The van der Waals surface area contributed by atoms with Gasteiger partial charge in [-0.05, 0) is 39.3 Å². The fourth-order valence-corrected chi connectivity index (χ4v) is 4.06. The Morgan fingerprint density at radius 3 is 2.79 bits per heavy atom. The van der Waals surface area contributed by atoms with Crippen molar-refractivity contribution in [3.05, 3.63) is 40.0 Å². The summed E-state index contributed by atoms with van der Waals surface area (Å²) in [5, 5.41) is 8.53. The highest BCUT2D eigenvalue weighted by atomic mass is 35.5. The maximum Gasteiger partial charge on any atom is 0.231 e. The Bertz CT molecular complexity index is 1030. The maximum absolute atomic E-state index is 6.41. The number of fused-ring (bicyclic) bond motifs is 1. The van der Waals surface area contributed by atoms with Crippen molar-refractivity contribution in [1.82, 2.24) is 20.2 Å². The van der Waals surface area contributed by atoms with E-state index in [1.165, 1.54) is 0 Å². The minimum atomic E-state index is 0.180. The SMILES string of the molecule is Cc1nonc1C1CCCN1Cc1nc(-c2cc3c(cc2Cl)OCO3)oc1C. The lowest BCUT2D eigenvalue weighted by Crippen LogP contribution is -2.24. The summed E-state index contributed by atoms with van der Waals surface area (Å²) >= 11 is 6.41. The third kappa shape index (κ3) is 2.93. The van der Waals surface area contributed by atoms with Crippen LogP contribution in [-0.2, 0) is 6.54 Å². The molecule has 8 nitrogen and oxygen atoms in total. The van der Waals surface area contributed by atoms with Gasteiger partial charge < -0.3 is 13.9 Å². The van der Waals surface area contributed by atoms with E-state index in [2.05, 4.69) is 15.2 Å². The van der Waals surface area contributed by atoms with Gasteiger partial charge in [-0.25, -0.2) is 9.61 Å². The largest absolute Gasteiger partial charge is 0.454 e. The van der Waals surface area contributed by atoms with Gasteiger partial charge in [-0.3, -0.25) is 4.90 Å². The standard InChI is InChI=1S/C19H19ClN4O4/c1-10-18(23-28-22-10)15-4-3-5-24(15)8-14-11(2)27-19(21-14)12-6-16-17(7-13(12)20)26-9-25-16/h6-7,15H,3-5,8-9H2,1-2H3. The van der Waals surface area contributed by atoms with Gasteiger partial charge >= 0.3 is 0 Å². The van der Waals surface area contributed by atoms with Crippen LogP contribution in [0.5, 0.6) is 11.5 Å². The number of aryl methyl sites for hydroxylation is 2. The van der Waals surface area contributed by atoms with Crippen LogP contribution in [0.2, 0.25) is 5.02 Å². The van der Waals surface area contributed by atoms with Crippen LogP contribution >= 0.6 is 11.6 Å². The Morgan fingerprint density at radius 1 is 1.18 bits per heavy atom. The zero-order valence-corrected chi connectivity index (χ0v) is 16.3. The summed E-state index contributed by atoms with van der Waals surface area (Å²) in [7, 11) is 0. The molecule has 1 saturated heterocycles. The van der Waals surface area contributed by atoms with E-state index >= 15 is 0 Å². The van der Waals surface area contributed by atoms with Crippen LogP contribution in [-0.4, -0.2) is 33.5 Å². The lowest BCUT2D eigenvalue weighted by molar-refractivity contribution is 0.174. The molecule has 28 heavy (non-hydrogen) atoms. The van der Waals surface area contributed by atoms with E-state index in [0.29, 0.717) is 34.5 Å². The van der Waals surface area contributed by atoms with E-state index < -0.39 is 0 Å². The third-order valence-corrected chi connectivity index (χ3v) is 5.62. The van der Waals surface area contributed by atoms with Crippen LogP contribution in [0.15, 0.2) is 21.2 Å². The van der Waals surface area contributed by atoms with Gasteiger partial charge in [0.1, 0.15) is 17.1 Å². The van der Waals surface area contributed by atoms with Crippen molar-refractivity contribution in [2.45, 2.75) is 39.3 Å². The van der Waals surface area contributed by atoms with E-state index in [1.807, 2.05) is 19.9 Å². The summed E-state index contributed by atoms with van der Waals surface area (Å²) in [6.45, 7) is 5.65. The third-order valence-electron chi connectivity index (χ3n) is 5.31. The zero-order chi connectivity index (χ0) is 19.3. The van der Waals surface area contributed by atoms with E-state index in [-0.39, 0.29) is 12.8 Å². The van der Waals surface area contributed by atoms with Gasteiger partial charge in [0, 0.05) is 12.6 Å². The Morgan fingerprint density at radius 2 is 2.00 bits per heavy atom. The van der Waals surface area contributed by atoms with Crippen molar-refractivity contribution in [2.75, 3.05) is 13.3 Å². The predicted molar refractivity (Wildman–Crippen MR) is 99.2 cm³/mol. The van der Waals surface area contributed by atoms with E-state index in [4.69, 9.17) is 35.1 Å². The number of ether oxygens (including phenoxy) is 2. The molecule has 4 heterocycles. The van der Waals surface area contributed by atoms with Gasteiger partial charge in [0.25, 0.3) is 0 Å². The summed E-state index contributed by atoms with van der Waals surface area (Å²) in [5.74, 6) is 2.52. The molecule has 0 spiro atoms. The van der Waals surface area contributed by atoms with Gasteiger partial charge in [0.15, 0.2) is 11.5 Å². The molecular weight excluding hydrogens is 384 g/mol. The number of aromatic nitrogens is 3. The molecule has 1 aromatic carbocycles. The Balaban J connectivity index is 1.42. The van der Waals surface area contributed by atoms with Gasteiger partial charge in [-0.1, -0.05) is 21.9 Å². The lowest BCUT2D eigenvalue weighted by atomic mass is 10.1. The molecule has 146 valence electrons. The highest BCUT2D eigenvalue weighted by Crippen LogP contribution is 2.41. The predicted octanol–water partition coefficient (Wildman–Crippen LogP) is 4.06. The molecule has 2 aromatic heterocycles. The second kappa shape index (κ2) is 6.79. The topological polar surface area (TPSA) is 86.7 Å². The highest BCUT2D eigenvalue weighted by Gasteiger charge is 2.31. The van der Waals surface area contributed by atoms with Gasteiger partial charge in [-0.15, -0.1) is 0 Å². The van der Waals surface area contributed by atoms with Crippen molar-refractivity contribution >= 4 is 11.6 Å². The van der Waals surface area contributed by atoms with Crippen LogP contribution in [0.1, 0.15) is 41.7 Å². The molecule has 0 saturated carbocycles. The number of likely N-dealkylation sites (tertiary alicyclic amines) is 1. The summed E-state index contributed by atoms with van der Waals surface area (Å²) in [6.07, 6.45) is 2.11. The van der Waals surface area contributed by atoms with Crippen molar-refractivity contribution in [3.8, 4) is 23.0 Å². The molecule has 2 aliphatic rings. The fraction of sp³-hybridized carbons (Fsp3) is 0.421. The second-order valence-corrected chi connectivity index (χ2v) is 7.48. The van der Waals surface area contributed by atoms with Crippen molar-refractivity contribution in [2.24, 2.45) is 0 Å². The first-order valence-corrected chi connectivity index (χ1v) is 9.57. The normalized spacial score (nSPS) is 18.9. The minimum absolute atomic E-state index is 0.180. The average Bonchev–Trinajstić information content (AvgIpc) is 3.43. The highest BCUT2D eigenvalue weighted by molar-refractivity contribution is 6.33. The van der Waals surface area contributed by atoms with Gasteiger partial charge in [-0.2, -0.15) is 0 Å². The van der Waals surface area contributed by atoms with Crippen LogP contribution in [0.3, 0.4) is 0 Å². The molecule has 0 amide bonds. The first-order chi connectivity index (χ1) is 13.6. The fourth-order valence-electron chi connectivity index (χ4n) is 3.83. The number of hydrogen-bond acceptors (Lipinski definition) is 8. The number of oxazole rings is 1. The van der Waals surface area contributed by atoms with Crippen molar-refractivity contribution in [1.29, 1.82) is 0 Å². The Labute approximate surface area is 166 Å². The molecule has 0 N–H and O–H groups in total. The van der Waals surface area contributed by atoms with Crippen LogP contribution in [0, 0.1) is 13.8 Å². The minimum Gasteiger partial charge on any atom is -0.454 e. The Hall–Kier alpha value is -2.58. The molecule has 1 unspecified atom stereocenters. The summed E-state index contributed by atoms with van der Waals surface area (Å²) in [5.41, 5.74) is 3.30. The van der Waals surface area contributed by atoms with Crippen molar-refractivity contribution < 1.29 is 18.5 Å². The summed E-state index contributed by atoms with van der Waals surface area (Å²) < 4.78 is 21.6. The molecule has 0 aliphatic carbocycles. The first-order valence-electron chi connectivity index (χ1n) is 9.19. The molecule has 5 rings (SSSR count). The van der Waals surface area contributed by atoms with E-state index in [1.54, 1.807) is 6.07 Å². The van der Waals surface area contributed by atoms with E-state index in [0.717, 1.165) is 42.2 Å². The summed E-state index contributed by atoms with van der Waals surface area (Å²) in [4.78, 5) is 7.06. The van der Waals surface area contributed by atoms with Gasteiger partial charge in [0.05, 0.1) is 22.3 Å². The van der Waals surface area contributed by atoms with Gasteiger partial charge in [0.2, 0.25) is 12.7 Å². The second-order valence-electron chi connectivity index (χ2n) is 7.07. The lowest BCUT2D eigenvalue weighted by Gasteiger charge is -2.21. The molecule has 9 heteroatoms. The molecule has 1 fully saturated rings. The number of halogens is 1. The monoisotopic (exact) mass is 402 g/mol. The Kier molecular flexibility index (Phi) is 4.25. The number of nitrogens with zero attached hydrogens (tertiary/aromatic N) is 4. The quantitative estimate of drug-likeness (QED) is 0.645. The first kappa shape index (κ1) is 17.5. The molecule has 2 aliphatic heterocycles. The van der Waals surface area contributed by atoms with Crippen LogP contribution in [0.25, 0.3) is 11.5 Å². The maximum atomic E-state index is 6.41. The molecular formula is C19H19ClN4O4. The molecule has 0 radical (unpaired) electrons. The van der Waals surface area contributed by atoms with E-state index in [9.17, 15) is 0 Å². The number of rotatable bonds is 4. The number of benzene rings is 1. The average molecular weight is 403 g/mol. The smallest absolute Gasteiger partial charge is 0.231 e. The number of hydrogen-bond donors (Lipinski definition) is 0. The van der Waals surface area contributed by atoms with Crippen LogP contribution < -0.4 is 9.47 Å². The molecule has 0 bridgehead atoms. The summed E-state index contributed by atoms with van der Waals surface area (Å²) in [6, 6.07) is 3.72. The van der Waals surface area contributed by atoms with Crippen LogP contribution in [0.4, 0.5) is 0 Å². The molecule has 1 atom stereocenters.